The molecule has 0 amide bonds. The third-order valence-corrected chi connectivity index (χ3v) is 6.18. The Balaban J connectivity index is 1.97. The second kappa shape index (κ2) is 9.63. The number of nitrogens with zero attached hydrogens (tertiary/aromatic N) is 3. The van der Waals surface area contributed by atoms with Gasteiger partial charge >= 0.3 is 0 Å². The summed E-state index contributed by atoms with van der Waals surface area (Å²) in [7, 11) is 1.52. The van der Waals surface area contributed by atoms with Gasteiger partial charge in [-0.3, -0.25) is 4.90 Å². The van der Waals surface area contributed by atoms with Crippen LogP contribution in [0.5, 0.6) is 5.75 Å². The molecule has 10 heteroatoms. The number of benzene rings is 2. The van der Waals surface area contributed by atoms with Crippen molar-refractivity contribution < 1.29 is 22.6 Å². The highest BCUT2D eigenvalue weighted by molar-refractivity contribution is 5.94. The lowest BCUT2D eigenvalue weighted by atomic mass is 9.86. The molecule has 2 heterocycles. The molecule has 1 aromatic heterocycles. The molecule has 1 saturated heterocycles. The summed E-state index contributed by atoms with van der Waals surface area (Å²) in [5, 5.41) is 0.501. The number of fused-ring (bicyclic) bond motifs is 1. The summed E-state index contributed by atoms with van der Waals surface area (Å²) in [4.78, 5) is 11.1. The maximum atomic E-state index is 15.3. The maximum Gasteiger partial charge on any atom is 0.266 e. The van der Waals surface area contributed by atoms with Crippen LogP contribution in [0.4, 0.5) is 24.7 Å². The van der Waals surface area contributed by atoms with Crippen LogP contribution in [0.3, 0.4) is 0 Å². The largest absolute Gasteiger partial charge is 0.496 e. The van der Waals surface area contributed by atoms with Gasteiger partial charge in [-0.15, -0.1) is 0 Å². The summed E-state index contributed by atoms with van der Waals surface area (Å²) in [6.07, 6.45) is -3.00. The lowest BCUT2D eigenvalue weighted by Gasteiger charge is -2.29. The van der Waals surface area contributed by atoms with Crippen molar-refractivity contribution in [3.63, 3.8) is 0 Å². The third-order valence-electron chi connectivity index (χ3n) is 6.18. The molecule has 0 spiro atoms. The second-order valence-electron chi connectivity index (χ2n) is 8.46. The van der Waals surface area contributed by atoms with Crippen molar-refractivity contribution in [2.24, 2.45) is 0 Å². The number of aryl methyl sites for hydroxylation is 1. The third kappa shape index (κ3) is 4.47. The number of anilines is 2. The Hall–Kier alpha value is -3.11. The minimum absolute atomic E-state index is 0.0263. The highest BCUT2D eigenvalue weighted by atomic mass is 19.3. The predicted molar refractivity (Wildman–Crippen MR) is 125 cm³/mol. The zero-order chi connectivity index (χ0) is 24.6. The average Bonchev–Trinajstić information content (AvgIpc) is 2.79. The minimum Gasteiger partial charge on any atom is -0.496 e. The van der Waals surface area contributed by atoms with E-state index in [4.69, 9.17) is 20.9 Å². The number of ether oxygens (including phenoxy) is 2. The highest BCUT2D eigenvalue weighted by Gasteiger charge is 2.28. The number of aromatic nitrogens is 2. The van der Waals surface area contributed by atoms with Gasteiger partial charge in [-0.2, -0.15) is 0 Å². The van der Waals surface area contributed by atoms with Crippen molar-refractivity contribution in [3.8, 4) is 5.75 Å². The van der Waals surface area contributed by atoms with E-state index in [9.17, 15) is 8.78 Å². The monoisotopic (exact) mass is 475 g/mol. The molecule has 0 aliphatic carbocycles. The van der Waals surface area contributed by atoms with E-state index in [2.05, 4.69) is 14.9 Å². The van der Waals surface area contributed by atoms with Crippen LogP contribution in [-0.2, 0) is 11.3 Å². The summed E-state index contributed by atoms with van der Waals surface area (Å²) >= 11 is 0. The fourth-order valence-electron chi connectivity index (χ4n) is 4.61. The van der Waals surface area contributed by atoms with E-state index in [-0.39, 0.29) is 17.1 Å². The molecule has 7 nitrogen and oxygen atoms in total. The topological polar surface area (TPSA) is 99.5 Å². The molecule has 1 unspecified atom stereocenters. The standard InChI is InChI=1S/C24H28F3N5O2/c1-12(16-9-15(28)10-17(21(16)25)23(26)27)19-20-18(30-13(2)31-24(20)29)8-14(22(19)33-3)11-32-4-6-34-7-5-32/h8-10,12,23H,4-7,11,28H2,1-3H3,(H2,29,30,31). The molecule has 0 radical (unpaired) electrons. The first-order valence-corrected chi connectivity index (χ1v) is 11.0. The van der Waals surface area contributed by atoms with Crippen LogP contribution in [-0.4, -0.2) is 48.3 Å². The Bertz CT molecular complexity index is 1220. The SMILES string of the molecule is COc1c(CN2CCOCC2)cc2nc(C)nc(N)c2c1C(C)c1cc(N)cc(C(F)F)c1F. The number of hydrogen-bond donors (Lipinski definition) is 2. The number of nitrogen functional groups attached to an aromatic ring is 2. The van der Waals surface area contributed by atoms with Crippen molar-refractivity contribution in [2.45, 2.75) is 32.7 Å². The van der Waals surface area contributed by atoms with Crippen LogP contribution in [0.15, 0.2) is 18.2 Å². The lowest BCUT2D eigenvalue weighted by Crippen LogP contribution is -2.35. The number of rotatable bonds is 6. The summed E-state index contributed by atoms with van der Waals surface area (Å²) in [6.45, 7) is 6.74. The Labute approximate surface area is 195 Å². The predicted octanol–water partition coefficient (Wildman–Crippen LogP) is 4.17. The minimum atomic E-state index is -3.00. The molecule has 1 aliphatic rings. The Morgan fingerprint density at radius 3 is 2.44 bits per heavy atom. The number of hydrogen-bond acceptors (Lipinski definition) is 7. The number of alkyl halides is 2. The van der Waals surface area contributed by atoms with Gasteiger partial charge in [-0.05, 0) is 30.7 Å². The van der Waals surface area contributed by atoms with Gasteiger partial charge in [0.15, 0.2) is 0 Å². The van der Waals surface area contributed by atoms with Gasteiger partial charge in [0.1, 0.15) is 23.2 Å². The molecule has 4 N–H and O–H groups in total. The Morgan fingerprint density at radius 2 is 1.79 bits per heavy atom. The van der Waals surface area contributed by atoms with Gasteiger partial charge in [-0.25, -0.2) is 23.1 Å². The van der Waals surface area contributed by atoms with Crippen molar-refractivity contribution >= 4 is 22.4 Å². The smallest absolute Gasteiger partial charge is 0.266 e. The fraction of sp³-hybridized carbons (Fsp3) is 0.417. The van der Waals surface area contributed by atoms with E-state index in [1.807, 2.05) is 6.07 Å². The molecule has 182 valence electrons. The Morgan fingerprint density at radius 1 is 1.12 bits per heavy atom. The van der Waals surface area contributed by atoms with Crippen molar-refractivity contribution in [2.75, 3.05) is 44.9 Å². The maximum absolute atomic E-state index is 15.3. The summed E-state index contributed by atoms with van der Waals surface area (Å²) < 4.78 is 53.5. The van der Waals surface area contributed by atoms with Gasteiger partial charge in [0.2, 0.25) is 0 Å². The number of halogens is 3. The van der Waals surface area contributed by atoms with Crippen LogP contribution in [0.25, 0.3) is 10.9 Å². The van der Waals surface area contributed by atoms with Crippen molar-refractivity contribution in [1.82, 2.24) is 14.9 Å². The lowest BCUT2D eigenvalue weighted by molar-refractivity contribution is 0.0339. The molecule has 0 bridgehead atoms. The van der Waals surface area contributed by atoms with E-state index in [0.29, 0.717) is 47.8 Å². The quantitative estimate of drug-likeness (QED) is 0.516. The normalized spacial score (nSPS) is 15.7. The number of methoxy groups -OCH3 is 1. The van der Waals surface area contributed by atoms with Gasteiger partial charge in [0.25, 0.3) is 6.43 Å². The summed E-state index contributed by atoms with van der Waals surface area (Å²) in [5.74, 6) is -0.542. The molecule has 4 rings (SSSR count). The zero-order valence-corrected chi connectivity index (χ0v) is 19.4. The first-order chi connectivity index (χ1) is 16.2. The second-order valence-corrected chi connectivity index (χ2v) is 8.46. The molecule has 1 fully saturated rings. The van der Waals surface area contributed by atoms with Crippen LogP contribution >= 0.6 is 0 Å². The zero-order valence-electron chi connectivity index (χ0n) is 19.4. The van der Waals surface area contributed by atoms with E-state index in [1.165, 1.54) is 13.2 Å². The van der Waals surface area contributed by atoms with Crippen LogP contribution < -0.4 is 16.2 Å². The first-order valence-electron chi connectivity index (χ1n) is 11.0. The van der Waals surface area contributed by atoms with Gasteiger partial charge in [-0.1, -0.05) is 6.92 Å². The van der Waals surface area contributed by atoms with Crippen LogP contribution in [0, 0.1) is 12.7 Å². The molecule has 34 heavy (non-hydrogen) atoms. The van der Waals surface area contributed by atoms with Crippen LogP contribution in [0.1, 0.15) is 47.3 Å². The van der Waals surface area contributed by atoms with Crippen molar-refractivity contribution in [3.05, 3.63) is 52.1 Å². The molecule has 2 aromatic carbocycles. The van der Waals surface area contributed by atoms with Gasteiger partial charge < -0.3 is 20.9 Å². The number of nitrogens with two attached hydrogens (primary N) is 2. The van der Waals surface area contributed by atoms with Gasteiger partial charge in [0, 0.05) is 47.8 Å². The van der Waals surface area contributed by atoms with E-state index in [1.54, 1.807) is 13.8 Å². The van der Waals surface area contributed by atoms with E-state index >= 15 is 4.39 Å². The summed E-state index contributed by atoms with van der Waals surface area (Å²) in [6, 6.07) is 4.23. The number of morpholine rings is 1. The molecular weight excluding hydrogens is 447 g/mol. The first kappa shape index (κ1) is 24.0. The average molecular weight is 476 g/mol. The fourth-order valence-corrected chi connectivity index (χ4v) is 4.61. The van der Waals surface area contributed by atoms with E-state index < -0.39 is 23.7 Å². The molecule has 3 aromatic rings. The molecule has 1 atom stereocenters. The Kier molecular flexibility index (Phi) is 6.81. The molecular formula is C24H28F3N5O2. The van der Waals surface area contributed by atoms with Crippen molar-refractivity contribution in [1.29, 1.82) is 0 Å². The molecule has 1 aliphatic heterocycles. The van der Waals surface area contributed by atoms with E-state index in [0.717, 1.165) is 24.7 Å². The van der Waals surface area contributed by atoms with Crippen LogP contribution in [0.2, 0.25) is 0 Å². The highest BCUT2D eigenvalue weighted by Crippen LogP contribution is 2.43. The molecule has 0 saturated carbocycles. The van der Waals surface area contributed by atoms with Gasteiger partial charge in [0.05, 0.1) is 31.4 Å². The summed E-state index contributed by atoms with van der Waals surface area (Å²) in [5.41, 5.74) is 13.4.